The molecule has 0 radical (unpaired) electrons. The van der Waals surface area contributed by atoms with E-state index in [1.807, 2.05) is 39.0 Å². The van der Waals surface area contributed by atoms with E-state index in [2.05, 4.69) is 15.9 Å². The first-order chi connectivity index (χ1) is 8.52. The number of aryl methyl sites for hydroxylation is 3. The molecule has 2 aromatic rings. The number of benzene rings is 1. The lowest BCUT2D eigenvalue weighted by Crippen LogP contribution is -2.03. The van der Waals surface area contributed by atoms with Gasteiger partial charge < -0.3 is 4.42 Å². The van der Waals surface area contributed by atoms with Crippen molar-refractivity contribution in [3.63, 3.8) is 0 Å². The molecule has 0 unspecified atom stereocenters. The summed E-state index contributed by atoms with van der Waals surface area (Å²) in [6.07, 6.45) is 0.797. The van der Waals surface area contributed by atoms with Gasteiger partial charge in [0.1, 0.15) is 5.76 Å². The molecule has 2 rings (SSSR count). The highest BCUT2D eigenvalue weighted by atomic mass is 79.9. The molecule has 94 valence electrons. The largest absolute Gasteiger partial charge is 0.458 e. The molecule has 1 heterocycles. The van der Waals surface area contributed by atoms with Crippen molar-refractivity contribution in [2.24, 2.45) is 0 Å². The lowest BCUT2D eigenvalue weighted by molar-refractivity contribution is 0.101. The van der Waals surface area contributed by atoms with Gasteiger partial charge in [-0.05, 0) is 49.2 Å². The Balaban J connectivity index is 2.42. The molecule has 0 fully saturated rings. The SMILES string of the molecule is CCc1ccc(C(=O)c2cc(C)c(Br)cc2C)o1. The lowest BCUT2D eigenvalue weighted by atomic mass is 10.0. The predicted molar refractivity (Wildman–Crippen MR) is 75.1 cm³/mol. The van der Waals surface area contributed by atoms with Gasteiger partial charge in [-0.1, -0.05) is 22.9 Å². The maximum Gasteiger partial charge on any atom is 0.228 e. The lowest BCUT2D eigenvalue weighted by Gasteiger charge is -2.06. The summed E-state index contributed by atoms with van der Waals surface area (Å²) in [5.74, 6) is 1.20. The predicted octanol–water partition coefficient (Wildman–Crippen LogP) is 4.45. The average molecular weight is 307 g/mol. The Morgan fingerprint density at radius 1 is 1.22 bits per heavy atom. The Morgan fingerprint density at radius 2 is 1.94 bits per heavy atom. The van der Waals surface area contributed by atoms with Crippen LogP contribution in [0.1, 0.15) is 39.9 Å². The number of ketones is 1. The minimum atomic E-state index is -0.0530. The smallest absolute Gasteiger partial charge is 0.228 e. The molecule has 0 saturated heterocycles. The van der Waals surface area contributed by atoms with Crippen LogP contribution in [-0.4, -0.2) is 5.78 Å². The van der Waals surface area contributed by atoms with Gasteiger partial charge in [-0.2, -0.15) is 0 Å². The van der Waals surface area contributed by atoms with E-state index in [4.69, 9.17) is 4.42 Å². The third-order valence-corrected chi connectivity index (χ3v) is 3.84. The summed E-state index contributed by atoms with van der Waals surface area (Å²) in [5, 5.41) is 0. The van der Waals surface area contributed by atoms with Gasteiger partial charge in [0.05, 0.1) is 0 Å². The van der Waals surface area contributed by atoms with Gasteiger partial charge in [-0.25, -0.2) is 0 Å². The van der Waals surface area contributed by atoms with Crippen molar-refractivity contribution in [3.8, 4) is 0 Å². The number of carbonyl (C=O) groups excluding carboxylic acids is 1. The number of carbonyl (C=O) groups is 1. The van der Waals surface area contributed by atoms with Crippen molar-refractivity contribution in [2.45, 2.75) is 27.2 Å². The third kappa shape index (κ3) is 2.41. The first kappa shape index (κ1) is 13.1. The third-order valence-electron chi connectivity index (χ3n) is 2.98. The molecule has 0 aliphatic rings. The summed E-state index contributed by atoms with van der Waals surface area (Å²) in [4.78, 5) is 12.4. The van der Waals surface area contributed by atoms with Crippen LogP contribution in [0.25, 0.3) is 0 Å². The fraction of sp³-hybridized carbons (Fsp3) is 0.267. The van der Waals surface area contributed by atoms with Crippen molar-refractivity contribution < 1.29 is 9.21 Å². The van der Waals surface area contributed by atoms with Crippen molar-refractivity contribution >= 4 is 21.7 Å². The molecule has 0 atom stereocenters. The fourth-order valence-corrected chi connectivity index (χ4v) is 2.31. The van der Waals surface area contributed by atoms with Crippen LogP contribution in [0.15, 0.2) is 33.2 Å². The van der Waals surface area contributed by atoms with Gasteiger partial charge in [0.25, 0.3) is 0 Å². The molecule has 0 N–H and O–H groups in total. The Morgan fingerprint density at radius 3 is 2.56 bits per heavy atom. The van der Waals surface area contributed by atoms with Gasteiger partial charge in [0.2, 0.25) is 5.78 Å². The molecular formula is C15H15BrO2. The van der Waals surface area contributed by atoms with Crippen LogP contribution in [0.4, 0.5) is 0 Å². The minimum Gasteiger partial charge on any atom is -0.458 e. The fourth-order valence-electron chi connectivity index (χ4n) is 1.85. The summed E-state index contributed by atoms with van der Waals surface area (Å²) >= 11 is 3.47. The number of rotatable bonds is 3. The number of furan rings is 1. The van der Waals surface area contributed by atoms with Crippen LogP contribution in [0.2, 0.25) is 0 Å². The van der Waals surface area contributed by atoms with Crippen LogP contribution >= 0.6 is 15.9 Å². The Hall–Kier alpha value is -1.35. The molecule has 2 nitrogen and oxygen atoms in total. The van der Waals surface area contributed by atoms with Gasteiger partial charge in [0, 0.05) is 16.5 Å². The molecule has 0 aliphatic heterocycles. The Bertz CT molecular complexity index is 597. The van der Waals surface area contributed by atoms with Gasteiger partial charge in [-0.15, -0.1) is 0 Å². The Kier molecular flexibility index (Phi) is 3.71. The molecule has 0 saturated carbocycles. The Labute approximate surface area is 115 Å². The highest BCUT2D eigenvalue weighted by Crippen LogP contribution is 2.23. The molecule has 0 aliphatic carbocycles. The van der Waals surface area contributed by atoms with Crippen molar-refractivity contribution in [1.82, 2.24) is 0 Å². The molecule has 18 heavy (non-hydrogen) atoms. The van der Waals surface area contributed by atoms with Crippen LogP contribution in [0, 0.1) is 13.8 Å². The molecule has 1 aromatic heterocycles. The zero-order valence-electron chi connectivity index (χ0n) is 10.7. The van der Waals surface area contributed by atoms with E-state index in [1.54, 1.807) is 6.07 Å². The summed E-state index contributed by atoms with van der Waals surface area (Å²) in [5.41, 5.74) is 2.70. The molecule has 0 bridgehead atoms. The van der Waals surface area contributed by atoms with Crippen molar-refractivity contribution in [2.75, 3.05) is 0 Å². The molecule has 0 spiro atoms. The van der Waals surface area contributed by atoms with E-state index in [-0.39, 0.29) is 5.78 Å². The summed E-state index contributed by atoms with van der Waals surface area (Å²) in [7, 11) is 0. The first-order valence-corrected chi connectivity index (χ1v) is 6.72. The van der Waals surface area contributed by atoms with E-state index in [1.165, 1.54) is 0 Å². The summed E-state index contributed by atoms with van der Waals surface area (Å²) in [6, 6.07) is 7.47. The van der Waals surface area contributed by atoms with E-state index in [0.29, 0.717) is 11.3 Å². The van der Waals surface area contributed by atoms with Gasteiger partial charge >= 0.3 is 0 Å². The number of hydrogen-bond acceptors (Lipinski definition) is 2. The standard InChI is InChI=1S/C15H15BrO2/c1-4-11-5-6-14(18-11)15(17)12-7-10(3)13(16)8-9(12)2/h5-8H,4H2,1-3H3. The van der Waals surface area contributed by atoms with E-state index in [0.717, 1.165) is 27.8 Å². The molecule has 0 amide bonds. The quantitative estimate of drug-likeness (QED) is 0.784. The van der Waals surface area contributed by atoms with Crippen molar-refractivity contribution in [3.05, 3.63) is 56.9 Å². The van der Waals surface area contributed by atoms with Crippen LogP contribution < -0.4 is 0 Å². The zero-order valence-corrected chi connectivity index (χ0v) is 12.3. The topological polar surface area (TPSA) is 30.2 Å². The number of hydrogen-bond donors (Lipinski definition) is 0. The van der Waals surface area contributed by atoms with Gasteiger partial charge in [-0.3, -0.25) is 4.79 Å². The second-order valence-corrected chi connectivity index (χ2v) is 5.22. The van der Waals surface area contributed by atoms with E-state index >= 15 is 0 Å². The van der Waals surface area contributed by atoms with Crippen LogP contribution in [-0.2, 0) is 6.42 Å². The summed E-state index contributed by atoms with van der Waals surface area (Å²) < 4.78 is 6.53. The van der Waals surface area contributed by atoms with Crippen LogP contribution in [0.3, 0.4) is 0 Å². The molecule has 1 aromatic carbocycles. The summed E-state index contributed by atoms with van der Waals surface area (Å²) in [6.45, 7) is 5.91. The zero-order chi connectivity index (χ0) is 13.3. The highest BCUT2D eigenvalue weighted by Gasteiger charge is 2.16. The minimum absolute atomic E-state index is 0.0530. The van der Waals surface area contributed by atoms with Gasteiger partial charge in [0.15, 0.2) is 5.76 Å². The average Bonchev–Trinajstić information content (AvgIpc) is 2.81. The van der Waals surface area contributed by atoms with E-state index in [9.17, 15) is 4.79 Å². The maximum absolute atomic E-state index is 12.4. The van der Waals surface area contributed by atoms with Crippen LogP contribution in [0.5, 0.6) is 0 Å². The normalized spacial score (nSPS) is 10.7. The van der Waals surface area contributed by atoms with E-state index < -0.39 is 0 Å². The second kappa shape index (κ2) is 5.11. The first-order valence-electron chi connectivity index (χ1n) is 5.93. The monoisotopic (exact) mass is 306 g/mol. The maximum atomic E-state index is 12.4. The number of halogens is 1. The molecule has 3 heteroatoms. The van der Waals surface area contributed by atoms with Crippen molar-refractivity contribution in [1.29, 1.82) is 0 Å². The highest BCUT2D eigenvalue weighted by molar-refractivity contribution is 9.10. The molecular weight excluding hydrogens is 292 g/mol. The second-order valence-electron chi connectivity index (χ2n) is 4.36.